The lowest BCUT2D eigenvalue weighted by Gasteiger charge is -2.34. The summed E-state index contributed by atoms with van der Waals surface area (Å²) in [4.78, 5) is 0. The van der Waals surface area contributed by atoms with E-state index >= 15 is 0 Å². The lowest BCUT2D eigenvalue weighted by atomic mass is 9.72. The van der Waals surface area contributed by atoms with Crippen molar-refractivity contribution in [1.82, 2.24) is 0 Å². The van der Waals surface area contributed by atoms with Crippen LogP contribution in [-0.2, 0) is 0 Å². The van der Waals surface area contributed by atoms with Gasteiger partial charge in [0.25, 0.3) is 0 Å². The van der Waals surface area contributed by atoms with Gasteiger partial charge >= 0.3 is 0 Å². The largest absolute Gasteiger partial charge is 0.330 e. The predicted octanol–water partition coefficient (Wildman–Crippen LogP) is 1.42. The minimum Gasteiger partial charge on any atom is -0.330 e. The van der Waals surface area contributed by atoms with E-state index in [0.717, 1.165) is 75.5 Å². The van der Waals surface area contributed by atoms with Crippen LogP contribution < -0.4 is 22.9 Å². The highest BCUT2D eigenvalue weighted by atomic mass is 14.6. The van der Waals surface area contributed by atoms with E-state index in [0.29, 0.717) is 0 Å². The van der Waals surface area contributed by atoms with E-state index in [4.69, 9.17) is 22.9 Å². The van der Waals surface area contributed by atoms with Crippen LogP contribution in [0.4, 0.5) is 0 Å². The monoisotopic (exact) mass is 284 g/mol. The van der Waals surface area contributed by atoms with Gasteiger partial charge in [-0.1, -0.05) is 0 Å². The maximum atomic E-state index is 5.80. The number of hydrogen-bond acceptors (Lipinski definition) is 4. The summed E-state index contributed by atoms with van der Waals surface area (Å²) in [6, 6.07) is 0. The minimum absolute atomic E-state index is 0.770. The molecule has 4 nitrogen and oxygen atoms in total. The van der Waals surface area contributed by atoms with Gasteiger partial charge in [0.1, 0.15) is 0 Å². The smallest absolute Gasteiger partial charge is 0.00746 e. The Bertz CT molecular complexity index is 179. The van der Waals surface area contributed by atoms with Gasteiger partial charge in [-0.2, -0.15) is 0 Å². The van der Waals surface area contributed by atoms with Crippen molar-refractivity contribution >= 4 is 0 Å². The molecule has 1 saturated carbocycles. The van der Waals surface area contributed by atoms with Crippen LogP contribution in [0, 0.1) is 23.7 Å². The SMILES string of the molecule is NCCC1CC(CCN)CC(CCN)CC(CCN)C1. The Kier molecular flexibility index (Phi) is 9.44. The van der Waals surface area contributed by atoms with Crippen LogP contribution in [0.5, 0.6) is 0 Å². The topological polar surface area (TPSA) is 104 Å². The molecule has 0 radical (unpaired) electrons. The van der Waals surface area contributed by atoms with Gasteiger partial charge < -0.3 is 22.9 Å². The van der Waals surface area contributed by atoms with Crippen molar-refractivity contribution < 1.29 is 0 Å². The highest BCUT2D eigenvalue weighted by Gasteiger charge is 2.27. The minimum atomic E-state index is 0.770. The number of rotatable bonds is 8. The molecule has 0 saturated heterocycles. The lowest BCUT2D eigenvalue weighted by Crippen LogP contribution is -2.27. The third-order valence-corrected chi connectivity index (χ3v) is 4.97. The average Bonchev–Trinajstić information content (AvgIpc) is 2.37. The molecule has 1 aliphatic rings. The van der Waals surface area contributed by atoms with Crippen molar-refractivity contribution in [3.8, 4) is 0 Å². The Morgan fingerprint density at radius 2 is 0.650 bits per heavy atom. The van der Waals surface area contributed by atoms with Crippen molar-refractivity contribution in [2.24, 2.45) is 46.6 Å². The van der Waals surface area contributed by atoms with E-state index < -0.39 is 0 Å². The van der Waals surface area contributed by atoms with Gasteiger partial charge in [-0.15, -0.1) is 0 Å². The maximum absolute atomic E-state index is 5.80. The normalized spacial score (nSPS) is 31.8. The van der Waals surface area contributed by atoms with Crippen LogP contribution in [0.15, 0.2) is 0 Å². The molecule has 1 fully saturated rings. The molecule has 0 aliphatic heterocycles. The Hall–Kier alpha value is -0.160. The van der Waals surface area contributed by atoms with Crippen LogP contribution >= 0.6 is 0 Å². The molecule has 0 heterocycles. The summed E-state index contributed by atoms with van der Waals surface area (Å²) < 4.78 is 0. The highest BCUT2D eigenvalue weighted by molar-refractivity contribution is 4.80. The standard InChI is InChI=1S/C16H36N4/c17-5-1-13-9-14(2-6-18)11-16(4-8-20)12-15(10-13)3-7-19/h13-16H,1-12,17-20H2. The quantitative estimate of drug-likeness (QED) is 0.541. The fraction of sp³-hybridized carbons (Fsp3) is 1.00. The third-order valence-electron chi connectivity index (χ3n) is 4.97. The first kappa shape index (κ1) is 17.9. The summed E-state index contributed by atoms with van der Waals surface area (Å²) in [6.45, 7) is 3.23. The first-order valence-corrected chi connectivity index (χ1v) is 8.53. The summed E-state index contributed by atoms with van der Waals surface area (Å²) in [7, 11) is 0. The van der Waals surface area contributed by atoms with Crippen LogP contribution in [0.1, 0.15) is 51.4 Å². The van der Waals surface area contributed by atoms with E-state index in [1.54, 1.807) is 0 Å². The van der Waals surface area contributed by atoms with Gasteiger partial charge in [-0.05, 0) is 101 Å². The molecule has 0 spiro atoms. The molecule has 0 aromatic heterocycles. The Labute approximate surface area is 125 Å². The van der Waals surface area contributed by atoms with Gasteiger partial charge in [0, 0.05) is 0 Å². The lowest BCUT2D eigenvalue weighted by molar-refractivity contribution is 0.176. The zero-order valence-corrected chi connectivity index (χ0v) is 13.1. The Morgan fingerprint density at radius 1 is 0.450 bits per heavy atom. The van der Waals surface area contributed by atoms with Crippen molar-refractivity contribution in [3.05, 3.63) is 0 Å². The van der Waals surface area contributed by atoms with Crippen molar-refractivity contribution in [3.63, 3.8) is 0 Å². The molecule has 20 heavy (non-hydrogen) atoms. The molecular formula is C16H36N4. The van der Waals surface area contributed by atoms with E-state index in [1.807, 2.05) is 0 Å². The van der Waals surface area contributed by atoms with Gasteiger partial charge in [0.15, 0.2) is 0 Å². The van der Waals surface area contributed by atoms with Crippen LogP contribution in [0.25, 0.3) is 0 Å². The fourth-order valence-electron chi connectivity index (χ4n) is 4.16. The van der Waals surface area contributed by atoms with Gasteiger partial charge in [0.2, 0.25) is 0 Å². The van der Waals surface area contributed by atoms with E-state index in [9.17, 15) is 0 Å². The predicted molar refractivity (Wildman–Crippen MR) is 87.1 cm³/mol. The summed E-state index contributed by atoms with van der Waals surface area (Å²) >= 11 is 0. The first-order valence-electron chi connectivity index (χ1n) is 8.53. The highest BCUT2D eigenvalue weighted by Crippen LogP contribution is 2.37. The van der Waals surface area contributed by atoms with E-state index in [1.165, 1.54) is 25.7 Å². The molecule has 0 amide bonds. The van der Waals surface area contributed by atoms with Crippen molar-refractivity contribution in [2.45, 2.75) is 51.4 Å². The molecule has 0 unspecified atom stereocenters. The van der Waals surface area contributed by atoms with E-state index in [2.05, 4.69) is 0 Å². The first-order chi connectivity index (χ1) is 9.73. The molecule has 0 atom stereocenters. The number of nitrogens with two attached hydrogens (primary N) is 4. The molecular weight excluding hydrogens is 248 g/mol. The Balaban J connectivity index is 2.67. The second-order valence-corrected chi connectivity index (χ2v) is 6.72. The second-order valence-electron chi connectivity index (χ2n) is 6.72. The van der Waals surface area contributed by atoms with Crippen LogP contribution in [0.3, 0.4) is 0 Å². The average molecular weight is 284 g/mol. The Morgan fingerprint density at radius 3 is 0.800 bits per heavy atom. The summed E-state index contributed by atoms with van der Waals surface area (Å²) in [5.74, 6) is 3.08. The van der Waals surface area contributed by atoms with Gasteiger partial charge in [-0.25, -0.2) is 0 Å². The van der Waals surface area contributed by atoms with Crippen LogP contribution in [0.2, 0.25) is 0 Å². The maximum Gasteiger partial charge on any atom is -0.00746 e. The zero-order valence-electron chi connectivity index (χ0n) is 13.1. The summed E-state index contributed by atoms with van der Waals surface area (Å²) in [5.41, 5.74) is 23.2. The van der Waals surface area contributed by atoms with E-state index in [-0.39, 0.29) is 0 Å². The zero-order chi connectivity index (χ0) is 14.8. The van der Waals surface area contributed by atoms with Crippen molar-refractivity contribution in [2.75, 3.05) is 26.2 Å². The summed E-state index contributed by atoms with van der Waals surface area (Å²) in [5, 5.41) is 0. The van der Waals surface area contributed by atoms with Crippen molar-refractivity contribution in [1.29, 1.82) is 0 Å². The molecule has 0 aromatic carbocycles. The number of hydrogen-bond donors (Lipinski definition) is 4. The molecule has 0 aromatic rings. The third kappa shape index (κ3) is 6.53. The van der Waals surface area contributed by atoms with Crippen LogP contribution in [-0.4, -0.2) is 26.2 Å². The van der Waals surface area contributed by atoms with Gasteiger partial charge in [0.05, 0.1) is 0 Å². The molecule has 1 aliphatic carbocycles. The summed E-state index contributed by atoms with van der Waals surface area (Å²) in [6.07, 6.45) is 9.83. The van der Waals surface area contributed by atoms with Gasteiger partial charge in [-0.3, -0.25) is 0 Å². The second kappa shape index (κ2) is 10.6. The molecule has 8 N–H and O–H groups in total. The molecule has 0 bridgehead atoms. The molecule has 1 rings (SSSR count). The fourth-order valence-corrected chi connectivity index (χ4v) is 4.16. The molecule has 4 heteroatoms. The molecule has 120 valence electrons.